The van der Waals surface area contributed by atoms with Crippen molar-refractivity contribution >= 4 is 11.9 Å². The minimum absolute atomic E-state index is 0.0665. The van der Waals surface area contributed by atoms with Crippen LogP contribution >= 0.6 is 0 Å². The summed E-state index contributed by atoms with van der Waals surface area (Å²) in [6.07, 6.45) is 4.26. The van der Waals surface area contributed by atoms with Crippen molar-refractivity contribution in [3.8, 4) is 5.75 Å². The molecule has 0 aromatic heterocycles. The van der Waals surface area contributed by atoms with Gasteiger partial charge in [-0.2, -0.15) is 0 Å². The van der Waals surface area contributed by atoms with Crippen LogP contribution in [0.15, 0.2) is 24.3 Å². The summed E-state index contributed by atoms with van der Waals surface area (Å²) >= 11 is 0. The largest absolute Gasteiger partial charge is 0.491 e. The van der Waals surface area contributed by atoms with E-state index in [0.717, 1.165) is 38.9 Å². The van der Waals surface area contributed by atoms with Gasteiger partial charge in [0.05, 0.1) is 17.8 Å². The van der Waals surface area contributed by atoms with Gasteiger partial charge in [-0.15, -0.1) is 0 Å². The normalized spacial score (nSPS) is 22.2. The van der Waals surface area contributed by atoms with Crippen LogP contribution in [0, 0.1) is 0 Å². The second-order valence-corrected chi connectivity index (χ2v) is 6.49. The standard InChI is InChI=1S/C19H25NO6/c21-18(20-11-16-3-1-9-23-16)13-26-19(22)14-5-7-15(8-6-14)25-12-17-4-2-10-24-17/h5-8,16-17H,1-4,9-13H2,(H,20,21)/t16-,17+/m0/s1. The van der Waals surface area contributed by atoms with Crippen molar-refractivity contribution in [2.75, 3.05) is 33.0 Å². The average molecular weight is 363 g/mol. The van der Waals surface area contributed by atoms with Gasteiger partial charge in [-0.1, -0.05) is 0 Å². The van der Waals surface area contributed by atoms with Crippen molar-refractivity contribution in [2.24, 2.45) is 0 Å². The van der Waals surface area contributed by atoms with Gasteiger partial charge in [0, 0.05) is 19.8 Å². The van der Waals surface area contributed by atoms with Gasteiger partial charge in [0.1, 0.15) is 12.4 Å². The molecule has 2 aliphatic heterocycles. The van der Waals surface area contributed by atoms with Crippen molar-refractivity contribution in [2.45, 2.75) is 37.9 Å². The van der Waals surface area contributed by atoms with Gasteiger partial charge in [0.25, 0.3) is 5.91 Å². The van der Waals surface area contributed by atoms with E-state index in [1.807, 2.05) is 0 Å². The maximum absolute atomic E-state index is 12.0. The molecule has 1 aromatic rings. The Morgan fingerprint density at radius 2 is 1.73 bits per heavy atom. The predicted octanol–water partition coefficient (Wildman–Crippen LogP) is 1.70. The molecule has 1 aromatic carbocycles. The Morgan fingerprint density at radius 1 is 1.04 bits per heavy atom. The van der Waals surface area contributed by atoms with Crippen molar-refractivity contribution < 1.29 is 28.5 Å². The van der Waals surface area contributed by atoms with E-state index in [4.69, 9.17) is 18.9 Å². The zero-order valence-corrected chi connectivity index (χ0v) is 14.8. The van der Waals surface area contributed by atoms with Crippen molar-refractivity contribution in [1.29, 1.82) is 0 Å². The molecule has 2 saturated heterocycles. The zero-order valence-electron chi connectivity index (χ0n) is 14.8. The molecule has 2 fully saturated rings. The molecule has 0 aliphatic carbocycles. The molecule has 2 aliphatic rings. The van der Waals surface area contributed by atoms with Crippen LogP contribution in [-0.2, 0) is 19.0 Å². The Balaban J connectivity index is 1.36. The topological polar surface area (TPSA) is 83.1 Å². The second-order valence-electron chi connectivity index (χ2n) is 6.49. The summed E-state index contributed by atoms with van der Waals surface area (Å²) in [7, 11) is 0. The SMILES string of the molecule is O=C(COC(=O)c1ccc(OC[C@H]2CCCO2)cc1)NC[C@@H]1CCCO1. The number of carbonyl (C=O) groups excluding carboxylic acids is 2. The predicted molar refractivity (Wildman–Crippen MR) is 93.2 cm³/mol. The molecule has 1 N–H and O–H groups in total. The molecule has 0 spiro atoms. The number of hydrogen-bond acceptors (Lipinski definition) is 6. The molecule has 2 heterocycles. The van der Waals surface area contributed by atoms with Gasteiger partial charge in [-0.05, 0) is 49.9 Å². The van der Waals surface area contributed by atoms with Crippen LogP contribution in [0.5, 0.6) is 5.75 Å². The Labute approximate surface area is 152 Å². The smallest absolute Gasteiger partial charge is 0.338 e. The first-order chi connectivity index (χ1) is 12.7. The third-order valence-electron chi connectivity index (χ3n) is 4.44. The zero-order chi connectivity index (χ0) is 18.2. The molecule has 0 saturated carbocycles. The van der Waals surface area contributed by atoms with Crippen LogP contribution in [-0.4, -0.2) is 57.1 Å². The summed E-state index contributed by atoms with van der Waals surface area (Å²) in [5.74, 6) is -0.195. The number of benzene rings is 1. The number of rotatable bonds is 8. The van der Waals surface area contributed by atoms with Crippen LogP contribution in [0.25, 0.3) is 0 Å². The van der Waals surface area contributed by atoms with E-state index in [9.17, 15) is 9.59 Å². The van der Waals surface area contributed by atoms with Crippen LogP contribution < -0.4 is 10.1 Å². The summed E-state index contributed by atoms with van der Waals surface area (Å²) in [5, 5.41) is 2.71. The third kappa shape index (κ3) is 5.71. The van der Waals surface area contributed by atoms with Gasteiger partial charge >= 0.3 is 5.97 Å². The molecule has 3 rings (SSSR count). The molecule has 2 atom stereocenters. The van der Waals surface area contributed by atoms with E-state index in [1.54, 1.807) is 24.3 Å². The fourth-order valence-corrected chi connectivity index (χ4v) is 2.95. The molecule has 7 nitrogen and oxygen atoms in total. The van der Waals surface area contributed by atoms with Gasteiger partial charge in [-0.25, -0.2) is 4.79 Å². The molecule has 0 radical (unpaired) electrons. The number of nitrogens with one attached hydrogen (secondary N) is 1. The minimum atomic E-state index is -0.539. The second kappa shape index (κ2) is 9.54. The van der Waals surface area contributed by atoms with Gasteiger partial charge < -0.3 is 24.3 Å². The quantitative estimate of drug-likeness (QED) is 0.708. The summed E-state index contributed by atoms with van der Waals surface area (Å²) in [6, 6.07) is 6.67. The lowest BCUT2D eigenvalue weighted by Gasteiger charge is -2.12. The summed E-state index contributed by atoms with van der Waals surface area (Å²) in [5.41, 5.74) is 0.376. The highest BCUT2D eigenvalue weighted by Crippen LogP contribution is 2.17. The number of carbonyl (C=O) groups is 2. The molecule has 0 bridgehead atoms. The molecular formula is C19H25NO6. The minimum Gasteiger partial charge on any atom is -0.491 e. The number of ether oxygens (including phenoxy) is 4. The van der Waals surface area contributed by atoms with Crippen LogP contribution in [0.1, 0.15) is 36.0 Å². The molecule has 1 amide bonds. The monoisotopic (exact) mass is 363 g/mol. The van der Waals surface area contributed by atoms with Crippen LogP contribution in [0.2, 0.25) is 0 Å². The number of amides is 1. The first kappa shape index (κ1) is 18.7. The number of esters is 1. The lowest BCUT2D eigenvalue weighted by molar-refractivity contribution is -0.124. The summed E-state index contributed by atoms with van der Waals surface area (Å²) in [6.45, 7) is 2.19. The molecule has 142 valence electrons. The van der Waals surface area contributed by atoms with Gasteiger partial charge in [-0.3, -0.25) is 4.79 Å². The van der Waals surface area contributed by atoms with E-state index in [-0.39, 0.29) is 24.7 Å². The van der Waals surface area contributed by atoms with Crippen LogP contribution in [0.3, 0.4) is 0 Å². The Bertz CT molecular complexity index is 591. The fraction of sp³-hybridized carbons (Fsp3) is 0.579. The maximum atomic E-state index is 12.0. The van der Waals surface area contributed by atoms with E-state index in [1.165, 1.54) is 0 Å². The summed E-state index contributed by atoms with van der Waals surface area (Å²) < 4.78 is 21.6. The Morgan fingerprint density at radius 3 is 2.38 bits per heavy atom. The highest BCUT2D eigenvalue weighted by atomic mass is 16.5. The van der Waals surface area contributed by atoms with Gasteiger partial charge in [0.2, 0.25) is 0 Å². The first-order valence-electron chi connectivity index (χ1n) is 9.10. The third-order valence-corrected chi connectivity index (χ3v) is 4.44. The van der Waals surface area contributed by atoms with E-state index in [2.05, 4.69) is 5.32 Å². The lowest BCUT2D eigenvalue weighted by atomic mass is 10.2. The Hall–Kier alpha value is -2.12. The number of hydrogen-bond donors (Lipinski definition) is 1. The van der Waals surface area contributed by atoms with Crippen molar-refractivity contribution in [3.63, 3.8) is 0 Å². The first-order valence-corrected chi connectivity index (χ1v) is 9.10. The average Bonchev–Trinajstić information content (AvgIpc) is 3.37. The summed E-state index contributed by atoms with van der Waals surface area (Å²) in [4.78, 5) is 23.7. The van der Waals surface area contributed by atoms with Crippen molar-refractivity contribution in [1.82, 2.24) is 5.32 Å². The molecular weight excluding hydrogens is 338 g/mol. The maximum Gasteiger partial charge on any atom is 0.338 e. The Kier molecular flexibility index (Phi) is 6.85. The molecule has 26 heavy (non-hydrogen) atoms. The van der Waals surface area contributed by atoms with Crippen molar-refractivity contribution in [3.05, 3.63) is 29.8 Å². The van der Waals surface area contributed by atoms with E-state index < -0.39 is 5.97 Å². The van der Waals surface area contributed by atoms with E-state index >= 15 is 0 Å². The fourth-order valence-electron chi connectivity index (χ4n) is 2.95. The molecule has 7 heteroatoms. The lowest BCUT2D eigenvalue weighted by Crippen LogP contribution is -2.34. The molecule has 0 unspecified atom stereocenters. The highest BCUT2D eigenvalue weighted by Gasteiger charge is 2.18. The van der Waals surface area contributed by atoms with Crippen LogP contribution in [0.4, 0.5) is 0 Å². The van der Waals surface area contributed by atoms with Gasteiger partial charge in [0.15, 0.2) is 6.61 Å². The van der Waals surface area contributed by atoms with E-state index in [0.29, 0.717) is 24.5 Å². The highest BCUT2D eigenvalue weighted by molar-refractivity contribution is 5.91.